The van der Waals surface area contributed by atoms with E-state index in [2.05, 4.69) is 22.3 Å². The van der Waals surface area contributed by atoms with Crippen molar-refractivity contribution < 1.29 is 9.53 Å². The van der Waals surface area contributed by atoms with Crippen LogP contribution in [0, 0.1) is 5.92 Å². The molecular weight excluding hydrogens is 408 g/mol. The van der Waals surface area contributed by atoms with Crippen LogP contribution in [0.5, 0.6) is 5.75 Å². The van der Waals surface area contributed by atoms with Crippen molar-refractivity contribution in [1.29, 1.82) is 0 Å². The number of nitrogens with one attached hydrogen (secondary N) is 1. The lowest BCUT2D eigenvalue weighted by Gasteiger charge is -2.59. The minimum absolute atomic E-state index is 0.239. The number of rotatable bonds is 5. The Morgan fingerprint density at radius 1 is 1.16 bits per heavy atom. The van der Waals surface area contributed by atoms with Crippen molar-refractivity contribution in [2.24, 2.45) is 5.92 Å². The van der Waals surface area contributed by atoms with Crippen LogP contribution in [-0.4, -0.2) is 36.0 Å². The minimum atomic E-state index is -0.437. The zero-order chi connectivity index (χ0) is 21.3. The van der Waals surface area contributed by atoms with Gasteiger partial charge in [0.2, 0.25) is 0 Å². The van der Waals surface area contributed by atoms with E-state index in [0.717, 1.165) is 37.5 Å². The summed E-state index contributed by atoms with van der Waals surface area (Å²) in [5, 5.41) is 2.82. The summed E-state index contributed by atoms with van der Waals surface area (Å²) in [6.45, 7) is 2.26. The number of para-hydroxylation sites is 1. The fourth-order valence-corrected chi connectivity index (χ4v) is 6.56. The topological polar surface area (TPSA) is 41.6 Å². The molecule has 1 saturated carbocycles. The summed E-state index contributed by atoms with van der Waals surface area (Å²) in [7, 11) is 0. The van der Waals surface area contributed by atoms with Crippen molar-refractivity contribution >= 4 is 23.4 Å². The Morgan fingerprint density at radius 3 is 2.87 bits per heavy atom. The molecule has 2 aromatic carbocycles. The second-order valence-corrected chi connectivity index (χ2v) is 9.69. The molecule has 0 aromatic heterocycles. The lowest BCUT2D eigenvalue weighted by atomic mass is 9.52. The van der Waals surface area contributed by atoms with Gasteiger partial charge in [0.25, 0.3) is 0 Å². The van der Waals surface area contributed by atoms with Crippen LogP contribution in [0.3, 0.4) is 0 Å². The van der Waals surface area contributed by atoms with Gasteiger partial charge in [-0.25, -0.2) is 4.79 Å². The molecule has 5 rings (SSSR count). The molecule has 4 nitrogen and oxygen atoms in total. The molecule has 2 fully saturated rings. The molecular formula is C26H31ClN2O2. The van der Waals surface area contributed by atoms with Crippen molar-refractivity contribution in [3.8, 4) is 5.75 Å². The Kier molecular flexibility index (Phi) is 5.94. The Balaban J connectivity index is 1.40. The second-order valence-electron chi connectivity index (χ2n) is 9.31. The number of halogens is 1. The van der Waals surface area contributed by atoms with E-state index in [-0.39, 0.29) is 5.41 Å². The quantitative estimate of drug-likeness (QED) is 0.583. The average molecular weight is 439 g/mol. The third-order valence-electron chi connectivity index (χ3n) is 7.73. The first-order valence-electron chi connectivity index (χ1n) is 11.7. The highest BCUT2D eigenvalue weighted by atomic mass is 35.5. The van der Waals surface area contributed by atoms with Gasteiger partial charge in [0.1, 0.15) is 5.75 Å². The standard InChI is InChI=1S/C26H31ClN2O2/c27-14-6-15-29-16-13-26-12-5-4-9-22(26)24(29)17-19-10-11-21(18-23(19)26)31-25(30)28-20-7-2-1-3-8-20/h1-3,7-8,10-11,18,22,24H,4-6,9,12-17H2,(H,28,30)/t22-,24+,26+/m0/s1. The number of amides is 1. The molecule has 0 radical (unpaired) electrons. The Morgan fingerprint density at radius 2 is 2.03 bits per heavy atom. The third kappa shape index (κ3) is 3.96. The molecule has 31 heavy (non-hydrogen) atoms. The highest BCUT2D eigenvalue weighted by Crippen LogP contribution is 2.56. The second kappa shape index (κ2) is 8.84. The molecule has 1 N–H and O–H groups in total. The number of fused-ring (bicyclic) bond motifs is 1. The molecule has 2 aliphatic carbocycles. The first-order chi connectivity index (χ1) is 15.2. The van der Waals surface area contributed by atoms with Crippen molar-refractivity contribution in [1.82, 2.24) is 4.90 Å². The van der Waals surface area contributed by atoms with E-state index < -0.39 is 6.09 Å². The first-order valence-corrected chi connectivity index (χ1v) is 12.2. The van der Waals surface area contributed by atoms with Crippen LogP contribution in [0.15, 0.2) is 48.5 Å². The largest absolute Gasteiger partial charge is 0.417 e. The van der Waals surface area contributed by atoms with Gasteiger partial charge in [-0.05, 0) is 86.5 Å². The minimum Gasteiger partial charge on any atom is -0.410 e. The predicted octanol–water partition coefficient (Wildman–Crippen LogP) is 5.98. The summed E-state index contributed by atoms with van der Waals surface area (Å²) >= 11 is 6.01. The van der Waals surface area contributed by atoms with E-state index in [0.29, 0.717) is 17.7 Å². The molecule has 2 aromatic rings. The Bertz CT molecular complexity index is 934. The molecule has 1 amide bonds. The van der Waals surface area contributed by atoms with E-state index in [1.807, 2.05) is 36.4 Å². The average Bonchev–Trinajstić information content (AvgIpc) is 2.79. The summed E-state index contributed by atoms with van der Waals surface area (Å²) < 4.78 is 5.70. The number of ether oxygens (including phenoxy) is 1. The maximum absolute atomic E-state index is 12.4. The normalized spacial score (nSPS) is 27.1. The number of carbonyl (C=O) groups excluding carboxylic acids is 1. The highest BCUT2D eigenvalue weighted by molar-refractivity contribution is 6.17. The highest BCUT2D eigenvalue weighted by Gasteiger charge is 2.53. The zero-order valence-electron chi connectivity index (χ0n) is 18.0. The molecule has 3 aliphatic rings. The maximum Gasteiger partial charge on any atom is 0.417 e. The van der Waals surface area contributed by atoms with Gasteiger partial charge in [-0.1, -0.05) is 37.1 Å². The summed E-state index contributed by atoms with van der Waals surface area (Å²) in [5.74, 6) is 2.08. The van der Waals surface area contributed by atoms with Gasteiger partial charge in [-0.3, -0.25) is 10.2 Å². The summed E-state index contributed by atoms with van der Waals surface area (Å²) in [4.78, 5) is 15.1. The molecule has 3 atom stereocenters. The Hall–Kier alpha value is -2.04. The number of likely N-dealkylation sites (tertiary alicyclic amines) is 1. The van der Waals surface area contributed by atoms with Gasteiger partial charge in [0.15, 0.2) is 0 Å². The van der Waals surface area contributed by atoms with Crippen molar-refractivity contribution in [3.63, 3.8) is 0 Å². The number of alkyl halides is 1. The molecule has 1 aliphatic heterocycles. The third-order valence-corrected chi connectivity index (χ3v) is 8.00. The van der Waals surface area contributed by atoms with E-state index in [9.17, 15) is 4.79 Å². The van der Waals surface area contributed by atoms with Crippen LogP contribution in [-0.2, 0) is 11.8 Å². The van der Waals surface area contributed by atoms with Crippen LogP contribution in [0.25, 0.3) is 0 Å². The van der Waals surface area contributed by atoms with E-state index in [4.69, 9.17) is 16.3 Å². The van der Waals surface area contributed by atoms with Gasteiger partial charge in [-0.2, -0.15) is 0 Å². The monoisotopic (exact) mass is 438 g/mol. The number of piperidine rings is 1. The van der Waals surface area contributed by atoms with Crippen LogP contribution in [0.4, 0.5) is 10.5 Å². The molecule has 0 spiro atoms. The summed E-state index contributed by atoms with van der Waals surface area (Å²) in [6, 6.07) is 16.4. The van der Waals surface area contributed by atoms with Gasteiger partial charge in [-0.15, -0.1) is 11.6 Å². The van der Waals surface area contributed by atoms with Gasteiger partial charge in [0, 0.05) is 23.0 Å². The van der Waals surface area contributed by atoms with Crippen LogP contribution < -0.4 is 10.1 Å². The number of carbonyl (C=O) groups is 1. The van der Waals surface area contributed by atoms with E-state index in [1.165, 1.54) is 43.2 Å². The predicted molar refractivity (Wildman–Crippen MR) is 125 cm³/mol. The smallest absolute Gasteiger partial charge is 0.410 e. The van der Waals surface area contributed by atoms with Crippen LogP contribution in [0.1, 0.15) is 49.7 Å². The number of benzene rings is 2. The number of nitrogens with zero attached hydrogens (tertiary/aromatic N) is 1. The molecule has 5 heteroatoms. The molecule has 1 heterocycles. The molecule has 1 saturated heterocycles. The lowest BCUT2D eigenvalue weighted by Crippen LogP contribution is -2.61. The van der Waals surface area contributed by atoms with Crippen molar-refractivity contribution in [3.05, 3.63) is 59.7 Å². The number of hydrogen-bond donors (Lipinski definition) is 1. The Labute approximate surface area is 189 Å². The van der Waals surface area contributed by atoms with E-state index in [1.54, 1.807) is 0 Å². The van der Waals surface area contributed by atoms with Crippen molar-refractivity contribution in [2.45, 2.75) is 56.4 Å². The lowest BCUT2D eigenvalue weighted by molar-refractivity contribution is -0.0110. The van der Waals surface area contributed by atoms with Gasteiger partial charge < -0.3 is 4.74 Å². The van der Waals surface area contributed by atoms with Crippen molar-refractivity contribution in [2.75, 3.05) is 24.3 Å². The maximum atomic E-state index is 12.4. The zero-order valence-corrected chi connectivity index (χ0v) is 18.7. The van der Waals surface area contributed by atoms with Gasteiger partial charge >= 0.3 is 6.09 Å². The fourth-order valence-electron chi connectivity index (χ4n) is 6.44. The first kappa shape index (κ1) is 20.8. The molecule has 2 bridgehead atoms. The molecule has 0 unspecified atom stereocenters. The summed E-state index contributed by atoms with van der Waals surface area (Å²) in [5.41, 5.74) is 3.86. The number of hydrogen-bond acceptors (Lipinski definition) is 3. The fraction of sp³-hybridized carbons (Fsp3) is 0.500. The van der Waals surface area contributed by atoms with Crippen LogP contribution in [0.2, 0.25) is 0 Å². The van der Waals surface area contributed by atoms with Crippen LogP contribution >= 0.6 is 11.6 Å². The number of anilines is 1. The molecule has 164 valence electrons. The summed E-state index contributed by atoms with van der Waals surface area (Å²) in [6.07, 6.45) is 8.11. The van der Waals surface area contributed by atoms with E-state index >= 15 is 0 Å². The van der Waals surface area contributed by atoms with Gasteiger partial charge in [0.05, 0.1) is 0 Å². The SMILES string of the molecule is O=C(Nc1ccccc1)Oc1ccc2c(c1)[C@@]13CCCC[C@H]1[C@@H](C2)N(CCCCl)CC3.